The number of rotatable bonds is 6. The summed E-state index contributed by atoms with van der Waals surface area (Å²) in [6.45, 7) is 1.68. The monoisotopic (exact) mass is 447 g/mol. The van der Waals surface area contributed by atoms with Gasteiger partial charge in [-0.1, -0.05) is 28.1 Å². The second-order valence-corrected chi connectivity index (χ2v) is 10.1. The zero-order chi connectivity index (χ0) is 18.8. The molecule has 6 nitrogen and oxygen atoms in total. The minimum absolute atomic E-state index is 0.0176. The lowest BCUT2D eigenvalue weighted by Gasteiger charge is -2.17. The average molecular weight is 448 g/mol. The van der Waals surface area contributed by atoms with Crippen LogP contribution in [-0.2, 0) is 19.9 Å². The number of benzene rings is 2. The van der Waals surface area contributed by atoms with Gasteiger partial charge in [0, 0.05) is 16.8 Å². The van der Waals surface area contributed by atoms with E-state index in [1.807, 2.05) is 0 Å². The van der Waals surface area contributed by atoms with Crippen molar-refractivity contribution < 1.29 is 21.6 Å². The Balaban J connectivity index is 2.30. The third-order valence-electron chi connectivity index (χ3n) is 3.56. The Labute approximate surface area is 156 Å². The van der Waals surface area contributed by atoms with Gasteiger partial charge < -0.3 is 4.74 Å². The summed E-state index contributed by atoms with van der Waals surface area (Å²) in [6, 6.07) is 10.2. The lowest BCUT2D eigenvalue weighted by Crippen LogP contribution is -2.27. The zero-order valence-electron chi connectivity index (χ0n) is 13.9. The maximum Gasteiger partial charge on any atom is 0.244 e. The molecule has 9 heteroatoms. The molecule has 0 amide bonds. The molecule has 25 heavy (non-hydrogen) atoms. The molecule has 0 unspecified atom stereocenters. The molecule has 0 fully saturated rings. The molecule has 136 valence electrons. The Bertz CT molecular complexity index is 970. The number of hydrogen-bond acceptors (Lipinski definition) is 5. The van der Waals surface area contributed by atoms with E-state index in [1.54, 1.807) is 31.2 Å². The fourth-order valence-electron chi connectivity index (χ4n) is 2.23. The van der Waals surface area contributed by atoms with Crippen LogP contribution < -0.4 is 9.46 Å². The van der Waals surface area contributed by atoms with Crippen molar-refractivity contribution >= 4 is 35.8 Å². The van der Waals surface area contributed by atoms with Crippen LogP contribution >= 0.6 is 15.9 Å². The van der Waals surface area contributed by atoms with E-state index < -0.39 is 25.9 Å². The summed E-state index contributed by atoms with van der Waals surface area (Å²) in [5.74, 6) is 0.232. The standard InChI is InChI=1S/C16H18BrNO5S2/c1-11(12-4-7-14(8-5-12)24(3,19)20)18-25(21,22)16-10-13(17)6-9-15(16)23-2/h4-11,18H,1-3H3/t11-/m0/s1. The van der Waals surface area contributed by atoms with Crippen LogP contribution in [0.4, 0.5) is 0 Å². The second-order valence-electron chi connectivity index (χ2n) is 5.48. The van der Waals surface area contributed by atoms with Crippen LogP contribution in [-0.4, -0.2) is 30.2 Å². The molecule has 0 spiro atoms. The van der Waals surface area contributed by atoms with Crippen LogP contribution in [0.25, 0.3) is 0 Å². The van der Waals surface area contributed by atoms with Gasteiger partial charge in [-0.25, -0.2) is 21.6 Å². The molecule has 1 atom stereocenters. The predicted molar refractivity (Wildman–Crippen MR) is 99.0 cm³/mol. The van der Waals surface area contributed by atoms with Crippen molar-refractivity contribution in [3.63, 3.8) is 0 Å². The van der Waals surface area contributed by atoms with Crippen LogP contribution in [0, 0.1) is 0 Å². The average Bonchev–Trinajstić information content (AvgIpc) is 2.53. The number of nitrogens with one attached hydrogen (secondary N) is 1. The number of hydrogen-bond donors (Lipinski definition) is 1. The molecule has 2 rings (SSSR count). The van der Waals surface area contributed by atoms with Crippen LogP contribution in [0.1, 0.15) is 18.5 Å². The van der Waals surface area contributed by atoms with Crippen LogP contribution in [0.15, 0.2) is 56.7 Å². The van der Waals surface area contributed by atoms with Crippen LogP contribution in [0.3, 0.4) is 0 Å². The highest BCUT2D eigenvalue weighted by Gasteiger charge is 2.23. The van der Waals surface area contributed by atoms with Crippen molar-refractivity contribution in [1.29, 1.82) is 0 Å². The molecule has 0 bridgehead atoms. The molecule has 0 aliphatic carbocycles. The Hall–Kier alpha value is -1.42. The number of sulfonamides is 1. The molecule has 0 aromatic heterocycles. The van der Waals surface area contributed by atoms with E-state index >= 15 is 0 Å². The molecular weight excluding hydrogens is 430 g/mol. The lowest BCUT2D eigenvalue weighted by atomic mass is 10.1. The fraction of sp³-hybridized carbons (Fsp3) is 0.250. The van der Waals surface area contributed by atoms with E-state index in [0.717, 1.165) is 6.26 Å². The van der Waals surface area contributed by atoms with Crippen LogP contribution in [0.2, 0.25) is 0 Å². The van der Waals surface area contributed by atoms with Crippen LogP contribution in [0.5, 0.6) is 5.75 Å². The van der Waals surface area contributed by atoms with Gasteiger partial charge in [-0.3, -0.25) is 0 Å². The van der Waals surface area contributed by atoms with E-state index in [-0.39, 0.29) is 15.5 Å². The molecule has 0 aliphatic rings. The van der Waals surface area contributed by atoms with Gasteiger partial charge in [-0.05, 0) is 42.8 Å². The van der Waals surface area contributed by atoms with Crippen molar-refractivity contribution in [3.05, 3.63) is 52.5 Å². The number of sulfone groups is 1. The summed E-state index contributed by atoms with van der Waals surface area (Å²) >= 11 is 3.25. The van der Waals surface area contributed by atoms with Gasteiger partial charge in [0.2, 0.25) is 10.0 Å². The molecule has 0 saturated carbocycles. The first-order chi connectivity index (χ1) is 11.5. The van der Waals surface area contributed by atoms with Crippen molar-refractivity contribution in [3.8, 4) is 5.75 Å². The van der Waals surface area contributed by atoms with Gasteiger partial charge in [0.1, 0.15) is 10.6 Å². The smallest absolute Gasteiger partial charge is 0.244 e. The van der Waals surface area contributed by atoms with Crippen molar-refractivity contribution in [1.82, 2.24) is 4.72 Å². The summed E-state index contributed by atoms with van der Waals surface area (Å²) in [4.78, 5) is 0.198. The molecule has 1 N–H and O–H groups in total. The third-order valence-corrected chi connectivity index (χ3v) is 6.74. The molecule has 0 heterocycles. The van der Waals surface area contributed by atoms with Gasteiger partial charge in [-0.15, -0.1) is 0 Å². The number of methoxy groups -OCH3 is 1. The van der Waals surface area contributed by atoms with Gasteiger partial charge in [0.15, 0.2) is 9.84 Å². The third kappa shape index (κ3) is 4.81. The highest BCUT2D eigenvalue weighted by atomic mass is 79.9. The topological polar surface area (TPSA) is 89.5 Å². The van der Waals surface area contributed by atoms with E-state index in [0.29, 0.717) is 10.0 Å². The Morgan fingerprint density at radius 1 is 1.04 bits per heavy atom. The number of halogens is 1. The van der Waals surface area contributed by atoms with Crippen molar-refractivity contribution in [2.45, 2.75) is 22.8 Å². The molecule has 2 aromatic carbocycles. The van der Waals surface area contributed by atoms with Gasteiger partial charge >= 0.3 is 0 Å². The first kappa shape index (κ1) is 19.9. The normalized spacial score (nSPS) is 13.4. The van der Waals surface area contributed by atoms with Crippen molar-refractivity contribution in [2.75, 3.05) is 13.4 Å². The summed E-state index contributed by atoms with van der Waals surface area (Å²) in [5, 5.41) is 0. The SMILES string of the molecule is COc1ccc(Br)cc1S(=O)(=O)N[C@@H](C)c1ccc(S(C)(=O)=O)cc1. The van der Waals surface area contributed by atoms with E-state index in [9.17, 15) is 16.8 Å². The minimum Gasteiger partial charge on any atom is -0.495 e. The minimum atomic E-state index is -3.83. The first-order valence-electron chi connectivity index (χ1n) is 7.20. The molecule has 0 radical (unpaired) electrons. The molecule has 0 saturated heterocycles. The second kappa shape index (κ2) is 7.45. The summed E-state index contributed by atoms with van der Waals surface area (Å²) in [7, 11) is -5.73. The fourth-order valence-corrected chi connectivity index (χ4v) is 4.80. The van der Waals surface area contributed by atoms with E-state index in [2.05, 4.69) is 20.7 Å². The van der Waals surface area contributed by atoms with Gasteiger partial charge in [0.05, 0.1) is 12.0 Å². The predicted octanol–water partition coefficient (Wildman–Crippen LogP) is 2.90. The van der Waals surface area contributed by atoms with E-state index in [4.69, 9.17) is 4.74 Å². The summed E-state index contributed by atoms with van der Waals surface area (Å²) in [5.41, 5.74) is 0.643. The van der Waals surface area contributed by atoms with Gasteiger partial charge in [0.25, 0.3) is 0 Å². The largest absolute Gasteiger partial charge is 0.495 e. The van der Waals surface area contributed by atoms with E-state index in [1.165, 1.54) is 25.3 Å². The summed E-state index contributed by atoms with van der Waals surface area (Å²) < 4.78 is 56.6. The Morgan fingerprint density at radius 3 is 2.16 bits per heavy atom. The first-order valence-corrected chi connectivity index (χ1v) is 11.4. The number of ether oxygens (including phenoxy) is 1. The lowest BCUT2D eigenvalue weighted by molar-refractivity contribution is 0.402. The quantitative estimate of drug-likeness (QED) is 0.734. The van der Waals surface area contributed by atoms with Crippen molar-refractivity contribution in [2.24, 2.45) is 0 Å². The van der Waals surface area contributed by atoms with Gasteiger partial charge in [-0.2, -0.15) is 0 Å². The molecule has 2 aromatic rings. The molecular formula is C16H18BrNO5S2. The highest BCUT2D eigenvalue weighted by molar-refractivity contribution is 9.10. The zero-order valence-corrected chi connectivity index (χ0v) is 17.1. The Morgan fingerprint density at radius 2 is 1.64 bits per heavy atom. The summed E-state index contributed by atoms with van der Waals surface area (Å²) in [6.07, 6.45) is 1.12. The molecule has 0 aliphatic heterocycles. The maximum absolute atomic E-state index is 12.7. The Kier molecular flexibility index (Phi) is 5.93. The maximum atomic E-state index is 12.7. The highest BCUT2D eigenvalue weighted by Crippen LogP contribution is 2.28.